The Balaban J connectivity index is 1.41. The molecule has 0 spiro atoms. The standard InChI is InChI=1S/C34H40N4O4/c1-2-42-33(41)34(20-24-10-4-3-5-11-24)16-9-17-38(23-34)32(40)30(19-27-22-36-29-15-7-6-14-28(27)29)37-31(39)26-13-8-12-25(18-26)21-35/h3-8,10-15,18,22,28-30,36H,2,9,16-17,19-21,23,35H2,1H3,(H,37,39)/t28?,29?,30-,34+/m1/s1. The van der Waals surface area contributed by atoms with Gasteiger partial charge in [-0.3, -0.25) is 14.4 Å². The van der Waals surface area contributed by atoms with Crippen LogP contribution in [0.15, 0.2) is 90.7 Å². The lowest BCUT2D eigenvalue weighted by Crippen LogP contribution is -2.56. The highest BCUT2D eigenvalue weighted by atomic mass is 16.5. The van der Waals surface area contributed by atoms with Crippen LogP contribution in [0, 0.1) is 11.3 Å². The van der Waals surface area contributed by atoms with Crippen LogP contribution in [-0.2, 0) is 27.3 Å². The van der Waals surface area contributed by atoms with Crippen LogP contribution in [0.4, 0.5) is 0 Å². The molecule has 2 unspecified atom stereocenters. The average Bonchev–Trinajstić information content (AvgIpc) is 3.43. The zero-order valence-corrected chi connectivity index (χ0v) is 24.1. The largest absolute Gasteiger partial charge is 0.466 e. The minimum absolute atomic E-state index is 0.112. The lowest BCUT2D eigenvalue weighted by molar-refractivity contribution is -0.161. The van der Waals surface area contributed by atoms with Gasteiger partial charge in [-0.1, -0.05) is 66.8 Å². The Hall–Kier alpha value is -4.17. The first-order valence-corrected chi connectivity index (χ1v) is 14.8. The van der Waals surface area contributed by atoms with E-state index < -0.39 is 11.5 Å². The number of amides is 2. The zero-order chi connectivity index (χ0) is 29.5. The molecule has 0 radical (unpaired) electrons. The van der Waals surface area contributed by atoms with Gasteiger partial charge >= 0.3 is 5.97 Å². The number of ether oxygens (including phenoxy) is 1. The minimum atomic E-state index is -0.856. The Morgan fingerprint density at radius 1 is 1.10 bits per heavy atom. The van der Waals surface area contributed by atoms with Crippen LogP contribution >= 0.6 is 0 Å². The molecule has 4 N–H and O–H groups in total. The molecule has 2 heterocycles. The van der Waals surface area contributed by atoms with Crippen molar-refractivity contribution in [1.29, 1.82) is 0 Å². The van der Waals surface area contributed by atoms with Crippen molar-refractivity contribution >= 4 is 17.8 Å². The third-order valence-electron chi connectivity index (χ3n) is 8.47. The second kappa shape index (κ2) is 13.2. The number of allylic oxidation sites excluding steroid dienone is 2. The number of nitrogens with zero attached hydrogens (tertiary/aromatic N) is 1. The summed E-state index contributed by atoms with van der Waals surface area (Å²) in [7, 11) is 0. The predicted octanol–water partition coefficient (Wildman–Crippen LogP) is 3.65. The maximum Gasteiger partial charge on any atom is 0.314 e. The van der Waals surface area contributed by atoms with Crippen molar-refractivity contribution < 1.29 is 19.1 Å². The first-order chi connectivity index (χ1) is 20.4. The van der Waals surface area contributed by atoms with Crippen molar-refractivity contribution in [1.82, 2.24) is 15.5 Å². The summed E-state index contributed by atoms with van der Waals surface area (Å²) in [6.07, 6.45) is 12.3. The van der Waals surface area contributed by atoms with Gasteiger partial charge in [-0.2, -0.15) is 0 Å². The highest BCUT2D eigenvalue weighted by Gasteiger charge is 2.46. The van der Waals surface area contributed by atoms with E-state index in [0.717, 1.165) is 16.7 Å². The molecule has 2 amide bonds. The molecule has 0 aromatic heterocycles. The van der Waals surface area contributed by atoms with Crippen molar-refractivity contribution in [2.75, 3.05) is 19.7 Å². The normalized spacial score (nSPS) is 23.4. The fourth-order valence-electron chi connectivity index (χ4n) is 6.33. The number of fused-ring (bicyclic) bond motifs is 1. The predicted molar refractivity (Wildman–Crippen MR) is 162 cm³/mol. The molecule has 2 aromatic carbocycles. The highest BCUT2D eigenvalue weighted by Crippen LogP contribution is 2.36. The molecule has 42 heavy (non-hydrogen) atoms. The molecular formula is C34H40N4O4. The number of hydrogen-bond acceptors (Lipinski definition) is 6. The quantitative estimate of drug-likeness (QED) is 0.377. The minimum Gasteiger partial charge on any atom is -0.466 e. The van der Waals surface area contributed by atoms with E-state index in [1.807, 2.05) is 54.8 Å². The molecular weight excluding hydrogens is 528 g/mol. The van der Waals surface area contributed by atoms with Gasteiger partial charge in [-0.25, -0.2) is 0 Å². The smallest absolute Gasteiger partial charge is 0.314 e. The van der Waals surface area contributed by atoms with E-state index in [2.05, 4.69) is 22.8 Å². The third kappa shape index (κ3) is 6.49. The number of carbonyl (C=O) groups is 3. The van der Waals surface area contributed by atoms with Crippen molar-refractivity contribution in [2.45, 2.75) is 51.2 Å². The van der Waals surface area contributed by atoms with Crippen molar-refractivity contribution in [3.05, 3.63) is 107 Å². The van der Waals surface area contributed by atoms with Gasteiger partial charge in [0.05, 0.1) is 18.1 Å². The SMILES string of the molecule is CCOC(=O)[C@]1(Cc2ccccc2)CCCN(C(=O)[C@@H](CC2=CNC3C=CC=CC23)NC(=O)c2cccc(CN)c2)C1. The van der Waals surface area contributed by atoms with Crippen LogP contribution in [-0.4, -0.2) is 54.5 Å². The summed E-state index contributed by atoms with van der Waals surface area (Å²) in [4.78, 5) is 43.0. The zero-order valence-electron chi connectivity index (χ0n) is 24.1. The summed E-state index contributed by atoms with van der Waals surface area (Å²) >= 11 is 0. The van der Waals surface area contributed by atoms with Gasteiger partial charge in [0.25, 0.3) is 5.91 Å². The van der Waals surface area contributed by atoms with Gasteiger partial charge in [0.1, 0.15) is 6.04 Å². The molecule has 4 atom stereocenters. The number of benzene rings is 2. The summed E-state index contributed by atoms with van der Waals surface area (Å²) in [6.45, 7) is 3.14. The van der Waals surface area contributed by atoms with Gasteiger partial charge < -0.3 is 26.0 Å². The molecule has 8 nitrogen and oxygen atoms in total. The molecule has 1 fully saturated rings. The van der Waals surface area contributed by atoms with Crippen LogP contribution < -0.4 is 16.4 Å². The van der Waals surface area contributed by atoms with Crippen LogP contribution in [0.3, 0.4) is 0 Å². The van der Waals surface area contributed by atoms with E-state index in [9.17, 15) is 14.4 Å². The van der Waals surface area contributed by atoms with Crippen molar-refractivity contribution in [3.8, 4) is 0 Å². The van der Waals surface area contributed by atoms with Crippen molar-refractivity contribution in [2.24, 2.45) is 17.1 Å². The van der Waals surface area contributed by atoms with E-state index in [-0.39, 0.29) is 42.9 Å². The molecule has 1 saturated heterocycles. The molecule has 0 saturated carbocycles. The summed E-state index contributed by atoms with van der Waals surface area (Å²) in [6, 6.07) is 16.3. The second-order valence-electron chi connectivity index (χ2n) is 11.4. The maximum absolute atomic E-state index is 14.3. The number of nitrogens with two attached hydrogens (primary N) is 1. The summed E-state index contributed by atoms with van der Waals surface area (Å²) < 4.78 is 5.57. The maximum atomic E-state index is 14.3. The van der Waals surface area contributed by atoms with Crippen LogP contribution in [0.2, 0.25) is 0 Å². The molecule has 1 aliphatic carbocycles. The van der Waals surface area contributed by atoms with Crippen LogP contribution in [0.1, 0.15) is 47.7 Å². The first-order valence-electron chi connectivity index (χ1n) is 14.8. The van der Waals surface area contributed by atoms with E-state index in [4.69, 9.17) is 10.5 Å². The lowest BCUT2D eigenvalue weighted by Gasteiger charge is -2.42. The molecule has 3 aliphatic rings. The van der Waals surface area contributed by atoms with E-state index in [1.165, 1.54) is 0 Å². The first kappa shape index (κ1) is 29.3. The van der Waals surface area contributed by atoms with Gasteiger partial charge in [-0.05, 0) is 67.6 Å². The van der Waals surface area contributed by atoms with Gasteiger partial charge in [0.2, 0.25) is 5.91 Å². The molecule has 220 valence electrons. The third-order valence-corrected chi connectivity index (χ3v) is 8.47. The van der Waals surface area contributed by atoms with Crippen LogP contribution in [0.5, 0.6) is 0 Å². The molecule has 5 rings (SSSR count). The van der Waals surface area contributed by atoms with Gasteiger partial charge in [0.15, 0.2) is 0 Å². The average molecular weight is 569 g/mol. The summed E-state index contributed by atoms with van der Waals surface area (Å²) in [5, 5.41) is 6.43. The fraction of sp³-hybridized carbons (Fsp3) is 0.382. The number of carbonyl (C=O) groups excluding carboxylic acids is 3. The highest BCUT2D eigenvalue weighted by molar-refractivity contribution is 5.98. The van der Waals surface area contributed by atoms with Crippen LogP contribution in [0.25, 0.3) is 0 Å². The van der Waals surface area contributed by atoms with E-state index in [0.29, 0.717) is 44.3 Å². The number of rotatable bonds is 10. The Bertz CT molecular complexity index is 1380. The molecule has 2 aromatic rings. The van der Waals surface area contributed by atoms with E-state index in [1.54, 1.807) is 30.0 Å². The van der Waals surface area contributed by atoms with Gasteiger partial charge in [-0.15, -0.1) is 0 Å². The number of nitrogens with one attached hydrogen (secondary N) is 2. The molecule has 2 aliphatic heterocycles. The number of esters is 1. The molecule has 0 bridgehead atoms. The Labute approximate surface area is 247 Å². The summed E-state index contributed by atoms with van der Waals surface area (Å²) in [5.41, 5.74) is 8.32. The van der Waals surface area contributed by atoms with Gasteiger partial charge in [0, 0.05) is 31.1 Å². The number of hydrogen-bond donors (Lipinski definition) is 3. The van der Waals surface area contributed by atoms with E-state index >= 15 is 0 Å². The number of piperidine rings is 1. The van der Waals surface area contributed by atoms with Crippen molar-refractivity contribution in [3.63, 3.8) is 0 Å². The monoisotopic (exact) mass is 568 g/mol. The molecule has 8 heteroatoms. The second-order valence-corrected chi connectivity index (χ2v) is 11.4. The topological polar surface area (TPSA) is 114 Å². The number of likely N-dealkylation sites (tertiary alicyclic amines) is 1. The fourth-order valence-corrected chi connectivity index (χ4v) is 6.33. The lowest BCUT2D eigenvalue weighted by atomic mass is 9.74. The Kier molecular flexibility index (Phi) is 9.22. The Morgan fingerprint density at radius 3 is 2.67 bits per heavy atom. The summed E-state index contributed by atoms with van der Waals surface area (Å²) in [5.74, 6) is -0.695. The Morgan fingerprint density at radius 2 is 1.88 bits per heavy atom.